The van der Waals surface area contributed by atoms with E-state index in [4.69, 9.17) is 23.2 Å². The molecule has 0 aliphatic heterocycles. The van der Waals surface area contributed by atoms with Crippen LogP contribution in [0.5, 0.6) is 0 Å². The molecule has 0 fully saturated rings. The zero-order chi connectivity index (χ0) is 15.4. The second-order valence-corrected chi connectivity index (χ2v) is 6.78. The molecule has 0 aliphatic rings. The van der Waals surface area contributed by atoms with Gasteiger partial charge in [-0.15, -0.1) is 0 Å². The topological polar surface area (TPSA) is 29.1 Å². The molecule has 0 spiro atoms. The molecule has 2 aromatic carbocycles. The van der Waals surface area contributed by atoms with Gasteiger partial charge >= 0.3 is 0 Å². The van der Waals surface area contributed by atoms with E-state index in [1.165, 1.54) is 0 Å². The van der Waals surface area contributed by atoms with E-state index in [0.717, 1.165) is 14.2 Å². The molecule has 1 unspecified atom stereocenters. The number of halogens is 3. The first-order valence-electron chi connectivity index (χ1n) is 6.46. The zero-order valence-electron chi connectivity index (χ0n) is 11.4. The summed E-state index contributed by atoms with van der Waals surface area (Å²) in [7, 11) is 0. The quantitative estimate of drug-likeness (QED) is 0.678. The average Bonchev–Trinajstić information content (AvgIpc) is 2.44. The number of hydrogen-bond donors (Lipinski definition) is 1. The molecule has 2 aromatic rings. The van der Waals surface area contributed by atoms with Gasteiger partial charge in [-0.25, -0.2) is 0 Å². The fourth-order valence-electron chi connectivity index (χ4n) is 1.99. The molecule has 0 heterocycles. The molecule has 1 N–H and O–H groups in total. The third-order valence-electron chi connectivity index (χ3n) is 3.04. The summed E-state index contributed by atoms with van der Waals surface area (Å²) in [4.78, 5) is 12.2. The standard InChI is InChI=1S/C16H14Cl2INO/c1-10(8-11-4-2-3-5-13(11)17)20-16(21)12-6-7-15(19)14(18)9-12/h2-7,9-10H,8H2,1H3,(H,20,21). The Morgan fingerprint density at radius 3 is 2.57 bits per heavy atom. The Kier molecular flexibility index (Phi) is 5.90. The van der Waals surface area contributed by atoms with Gasteiger partial charge in [0.25, 0.3) is 5.91 Å². The van der Waals surface area contributed by atoms with E-state index in [9.17, 15) is 4.79 Å². The van der Waals surface area contributed by atoms with E-state index in [1.807, 2.05) is 37.3 Å². The lowest BCUT2D eigenvalue weighted by Crippen LogP contribution is -2.34. The molecule has 5 heteroatoms. The minimum absolute atomic E-state index is 0.0181. The summed E-state index contributed by atoms with van der Waals surface area (Å²) in [6.07, 6.45) is 0.684. The van der Waals surface area contributed by atoms with Gasteiger partial charge in [-0.1, -0.05) is 41.4 Å². The van der Waals surface area contributed by atoms with Crippen LogP contribution in [0.25, 0.3) is 0 Å². The third kappa shape index (κ3) is 4.59. The Morgan fingerprint density at radius 2 is 1.90 bits per heavy atom. The lowest BCUT2D eigenvalue weighted by atomic mass is 10.1. The molecule has 110 valence electrons. The van der Waals surface area contributed by atoms with Crippen molar-refractivity contribution >= 4 is 51.7 Å². The van der Waals surface area contributed by atoms with Crippen LogP contribution in [-0.2, 0) is 6.42 Å². The first-order valence-corrected chi connectivity index (χ1v) is 8.30. The molecule has 21 heavy (non-hydrogen) atoms. The van der Waals surface area contributed by atoms with Crippen LogP contribution >= 0.6 is 45.8 Å². The number of hydrogen-bond acceptors (Lipinski definition) is 1. The smallest absolute Gasteiger partial charge is 0.251 e. The molecule has 0 aromatic heterocycles. The van der Waals surface area contributed by atoms with Gasteiger partial charge in [0.15, 0.2) is 0 Å². The summed E-state index contributed by atoms with van der Waals surface area (Å²) in [6, 6.07) is 12.9. The highest BCUT2D eigenvalue weighted by atomic mass is 127. The molecular formula is C16H14Cl2INO. The Morgan fingerprint density at radius 1 is 1.19 bits per heavy atom. The van der Waals surface area contributed by atoms with Crippen LogP contribution in [0.1, 0.15) is 22.8 Å². The SMILES string of the molecule is CC(Cc1ccccc1Cl)NC(=O)c1ccc(I)c(Cl)c1. The van der Waals surface area contributed by atoms with Crippen LogP contribution in [-0.4, -0.2) is 11.9 Å². The van der Waals surface area contributed by atoms with E-state index in [2.05, 4.69) is 27.9 Å². The highest BCUT2D eigenvalue weighted by Gasteiger charge is 2.12. The van der Waals surface area contributed by atoms with Gasteiger partial charge in [0, 0.05) is 20.2 Å². The number of benzene rings is 2. The van der Waals surface area contributed by atoms with Gasteiger partial charge < -0.3 is 5.32 Å². The Labute approximate surface area is 148 Å². The zero-order valence-corrected chi connectivity index (χ0v) is 15.0. The summed E-state index contributed by atoms with van der Waals surface area (Å²) in [6.45, 7) is 1.95. The maximum absolute atomic E-state index is 12.2. The van der Waals surface area contributed by atoms with Crippen LogP contribution in [0.15, 0.2) is 42.5 Å². The minimum atomic E-state index is -0.132. The summed E-state index contributed by atoms with van der Waals surface area (Å²) < 4.78 is 0.926. The maximum atomic E-state index is 12.2. The van der Waals surface area contributed by atoms with Crippen molar-refractivity contribution in [1.29, 1.82) is 0 Å². The van der Waals surface area contributed by atoms with Crippen LogP contribution in [0, 0.1) is 3.57 Å². The van der Waals surface area contributed by atoms with Gasteiger partial charge in [0.2, 0.25) is 0 Å². The van der Waals surface area contributed by atoms with Gasteiger partial charge in [0.1, 0.15) is 0 Å². The van der Waals surface area contributed by atoms with E-state index < -0.39 is 0 Å². The number of carbonyl (C=O) groups is 1. The molecule has 2 rings (SSSR count). The van der Waals surface area contributed by atoms with Crippen LogP contribution in [0.3, 0.4) is 0 Å². The van der Waals surface area contributed by atoms with Crippen LogP contribution in [0.2, 0.25) is 10.0 Å². The Balaban J connectivity index is 2.02. The van der Waals surface area contributed by atoms with Gasteiger partial charge in [-0.05, 0) is 65.8 Å². The molecule has 0 saturated heterocycles. The summed E-state index contributed by atoms with van der Waals surface area (Å²) >= 11 is 14.3. The van der Waals surface area contributed by atoms with Crippen molar-refractivity contribution in [3.8, 4) is 0 Å². The van der Waals surface area contributed by atoms with Crippen molar-refractivity contribution in [2.45, 2.75) is 19.4 Å². The predicted octanol–water partition coefficient (Wildman–Crippen LogP) is 4.96. The van der Waals surface area contributed by atoms with Crippen molar-refractivity contribution in [1.82, 2.24) is 5.32 Å². The van der Waals surface area contributed by atoms with Crippen molar-refractivity contribution in [3.05, 3.63) is 67.2 Å². The molecule has 0 aliphatic carbocycles. The van der Waals surface area contributed by atoms with E-state index in [1.54, 1.807) is 12.1 Å². The second-order valence-electron chi connectivity index (χ2n) is 4.80. The lowest BCUT2D eigenvalue weighted by molar-refractivity contribution is 0.0940. The second kappa shape index (κ2) is 7.47. The lowest BCUT2D eigenvalue weighted by Gasteiger charge is -2.15. The van der Waals surface area contributed by atoms with Gasteiger partial charge in [0.05, 0.1) is 5.02 Å². The van der Waals surface area contributed by atoms with Crippen molar-refractivity contribution in [2.24, 2.45) is 0 Å². The van der Waals surface area contributed by atoms with E-state index in [-0.39, 0.29) is 11.9 Å². The number of rotatable bonds is 4. The monoisotopic (exact) mass is 433 g/mol. The molecule has 0 radical (unpaired) electrons. The highest BCUT2D eigenvalue weighted by molar-refractivity contribution is 14.1. The maximum Gasteiger partial charge on any atom is 0.251 e. The van der Waals surface area contributed by atoms with Crippen LogP contribution in [0.4, 0.5) is 0 Å². The van der Waals surface area contributed by atoms with Crippen molar-refractivity contribution in [2.75, 3.05) is 0 Å². The van der Waals surface area contributed by atoms with Gasteiger partial charge in [-0.3, -0.25) is 4.79 Å². The molecule has 0 saturated carbocycles. The van der Waals surface area contributed by atoms with Crippen molar-refractivity contribution in [3.63, 3.8) is 0 Å². The first-order chi connectivity index (χ1) is 9.97. The third-order valence-corrected chi connectivity index (χ3v) is 4.98. The van der Waals surface area contributed by atoms with Gasteiger partial charge in [-0.2, -0.15) is 0 Å². The largest absolute Gasteiger partial charge is 0.349 e. The van der Waals surface area contributed by atoms with Crippen molar-refractivity contribution < 1.29 is 4.79 Å². The number of amides is 1. The predicted molar refractivity (Wildman–Crippen MR) is 96.3 cm³/mol. The summed E-state index contributed by atoms with van der Waals surface area (Å²) in [5.41, 5.74) is 1.58. The fourth-order valence-corrected chi connectivity index (χ4v) is 2.72. The number of nitrogens with one attached hydrogen (secondary N) is 1. The highest BCUT2D eigenvalue weighted by Crippen LogP contribution is 2.20. The normalized spacial score (nSPS) is 12.0. The molecule has 2 nitrogen and oxygen atoms in total. The Bertz CT molecular complexity index is 660. The average molecular weight is 434 g/mol. The minimum Gasteiger partial charge on any atom is -0.349 e. The molecule has 1 atom stereocenters. The number of carbonyl (C=O) groups excluding carboxylic acids is 1. The molecular weight excluding hydrogens is 420 g/mol. The first kappa shape index (κ1) is 16.6. The summed E-state index contributed by atoms with van der Waals surface area (Å²) in [5.74, 6) is -0.132. The summed E-state index contributed by atoms with van der Waals surface area (Å²) in [5, 5.41) is 4.26. The van der Waals surface area contributed by atoms with E-state index in [0.29, 0.717) is 17.0 Å². The molecule has 0 bridgehead atoms. The molecule has 1 amide bonds. The van der Waals surface area contributed by atoms with Crippen LogP contribution < -0.4 is 5.32 Å². The fraction of sp³-hybridized carbons (Fsp3) is 0.188. The Hall–Kier alpha value is -0.780. The van der Waals surface area contributed by atoms with E-state index >= 15 is 0 Å².